The fourth-order valence-corrected chi connectivity index (χ4v) is 2.49. The predicted octanol–water partition coefficient (Wildman–Crippen LogP) is 1.81. The predicted molar refractivity (Wildman–Crippen MR) is 62.9 cm³/mol. The van der Waals surface area contributed by atoms with Gasteiger partial charge in [0.05, 0.1) is 6.04 Å². The summed E-state index contributed by atoms with van der Waals surface area (Å²) in [6.07, 6.45) is 5.97. The highest BCUT2D eigenvalue weighted by atomic mass is 32.1. The zero-order valence-electron chi connectivity index (χ0n) is 9.32. The molecule has 1 heterocycles. The molecule has 6 heteroatoms. The number of nitrogens with one attached hydrogen (secondary N) is 2. The third-order valence-corrected chi connectivity index (χ3v) is 3.46. The summed E-state index contributed by atoms with van der Waals surface area (Å²) in [5, 5.41) is 9.38. The van der Waals surface area contributed by atoms with Crippen molar-refractivity contribution in [2.24, 2.45) is 0 Å². The van der Waals surface area contributed by atoms with E-state index in [4.69, 9.17) is 12.2 Å². The molecule has 0 saturated heterocycles. The molecule has 1 aliphatic rings. The Balaban J connectivity index is 2.25. The standard InChI is InChI=1S/C10H16N4OS/c1-11-9(15)8-10(16)14(13-12-8)7-5-3-2-4-6-7/h7,13H,2-6H2,1H3,(H,11,15). The lowest BCUT2D eigenvalue weighted by atomic mass is 9.96. The van der Waals surface area contributed by atoms with Crippen molar-refractivity contribution < 1.29 is 4.79 Å². The number of amides is 1. The number of aromatic nitrogens is 3. The van der Waals surface area contributed by atoms with Crippen LogP contribution in [-0.4, -0.2) is 27.9 Å². The minimum Gasteiger partial charge on any atom is -0.354 e. The third-order valence-electron chi connectivity index (χ3n) is 3.07. The van der Waals surface area contributed by atoms with E-state index in [1.54, 1.807) is 7.05 Å². The van der Waals surface area contributed by atoms with E-state index in [-0.39, 0.29) is 5.91 Å². The maximum Gasteiger partial charge on any atom is 0.274 e. The van der Waals surface area contributed by atoms with E-state index in [9.17, 15) is 4.79 Å². The highest BCUT2D eigenvalue weighted by Gasteiger charge is 2.20. The highest BCUT2D eigenvalue weighted by Crippen LogP contribution is 2.27. The highest BCUT2D eigenvalue weighted by molar-refractivity contribution is 7.71. The number of H-pyrrole nitrogens is 1. The minimum absolute atomic E-state index is 0.226. The first-order valence-electron chi connectivity index (χ1n) is 5.63. The molecule has 0 aliphatic heterocycles. The van der Waals surface area contributed by atoms with Crippen molar-refractivity contribution in [3.8, 4) is 0 Å². The molecule has 88 valence electrons. The van der Waals surface area contributed by atoms with Gasteiger partial charge in [-0.1, -0.05) is 31.5 Å². The van der Waals surface area contributed by atoms with Crippen LogP contribution in [0.15, 0.2) is 0 Å². The lowest BCUT2D eigenvalue weighted by Gasteiger charge is -2.21. The van der Waals surface area contributed by atoms with E-state index in [1.807, 2.05) is 4.68 Å². The topological polar surface area (TPSA) is 62.7 Å². The van der Waals surface area contributed by atoms with Gasteiger partial charge in [-0.05, 0) is 12.8 Å². The van der Waals surface area contributed by atoms with Crippen LogP contribution in [0.25, 0.3) is 0 Å². The molecule has 5 nitrogen and oxygen atoms in total. The molecule has 16 heavy (non-hydrogen) atoms. The Morgan fingerprint density at radius 3 is 2.81 bits per heavy atom. The van der Waals surface area contributed by atoms with Gasteiger partial charge in [0.15, 0.2) is 10.3 Å². The van der Waals surface area contributed by atoms with Crippen LogP contribution in [0.2, 0.25) is 0 Å². The monoisotopic (exact) mass is 240 g/mol. The molecule has 1 amide bonds. The first-order chi connectivity index (χ1) is 7.74. The lowest BCUT2D eigenvalue weighted by molar-refractivity contribution is 0.0957. The Morgan fingerprint density at radius 2 is 2.19 bits per heavy atom. The van der Waals surface area contributed by atoms with Gasteiger partial charge in [-0.2, -0.15) is 5.10 Å². The summed E-state index contributed by atoms with van der Waals surface area (Å²) in [5.41, 5.74) is 0.322. The lowest BCUT2D eigenvalue weighted by Crippen LogP contribution is -2.19. The Hall–Kier alpha value is -1.17. The van der Waals surface area contributed by atoms with Crippen LogP contribution < -0.4 is 5.32 Å². The van der Waals surface area contributed by atoms with Gasteiger partial charge in [0.1, 0.15) is 0 Å². The Labute approximate surface area is 99.2 Å². The van der Waals surface area contributed by atoms with Gasteiger partial charge in [-0.15, -0.1) is 0 Å². The maximum atomic E-state index is 11.5. The molecule has 2 rings (SSSR count). The van der Waals surface area contributed by atoms with E-state index < -0.39 is 0 Å². The van der Waals surface area contributed by atoms with E-state index >= 15 is 0 Å². The molecule has 0 unspecified atom stereocenters. The van der Waals surface area contributed by atoms with Gasteiger partial charge in [0.2, 0.25) is 0 Å². The number of carbonyl (C=O) groups excluding carboxylic acids is 1. The number of carbonyl (C=O) groups is 1. The van der Waals surface area contributed by atoms with Crippen LogP contribution in [0.1, 0.15) is 48.6 Å². The van der Waals surface area contributed by atoms with Crippen LogP contribution in [0.5, 0.6) is 0 Å². The fraction of sp³-hybridized carbons (Fsp3) is 0.700. The van der Waals surface area contributed by atoms with Crippen molar-refractivity contribution in [3.63, 3.8) is 0 Å². The van der Waals surface area contributed by atoms with Gasteiger partial charge in [-0.25, -0.2) is 5.21 Å². The smallest absolute Gasteiger partial charge is 0.274 e. The number of nitrogens with zero attached hydrogens (tertiary/aromatic N) is 2. The zero-order chi connectivity index (χ0) is 11.5. The molecule has 0 aromatic carbocycles. The molecule has 0 spiro atoms. The van der Waals surface area contributed by atoms with Gasteiger partial charge in [-0.3, -0.25) is 9.48 Å². The van der Waals surface area contributed by atoms with Crippen molar-refractivity contribution in [1.82, 2.24) is 20.3 Å². The van der Waals surface area contributed by atoms with Crippen LogP contribution >= 0.6 is 12.2 Å². The molecule has 0 bridgehead atoms. The van der Waals surface area contributed by atoms with Crippen LogP contribution in [0, 0.1) is 4.64 Å². The average Bonchev–Trinajstić information content (AvgIpc) is 2.71. The molecule has 1 aromatic heterocycles. The summed E-state index contributed by atoms with van der Waals surface area (Å²) in [5.74, 6) is -0.226. The second-order valence-electron chi connectivity index (χ2n) is 4.11. The summed E-state index contributed by atoms with van der Waals surface area (Å²) in [6.45, 7) is 0. The third kappa shape index (κ3) is 2.02. The second kappa shape index (κ2) is 4.78. The van der Waals surface area contributed by atoms with Crippen molar-refractivity contribution >= 4 is 18.1 Å². The van der Waals surface area contributed by atoms with Gasteiger partial charge >= 0.3 is 0 Å². The maximum absolute atomic E-state index is 11.5. The molecule has 2 N–H and O–H groups in total. The Morgan fingerprint density at radius 1 is 1.50 bits per heavy atom. The second-order valence-corrected chi connectivity index (χ2v) is 4.49. The molecule has 0 atom stereocenters. The zero-order valence-corrected chi connectivity index (χ0v) is 10.1. The van der Waals surface area contributed by atoms with Crippen LogP contribution in [-0.2, 0) is 0 Å². The van der Waals surface area contributed by atoms with Gasteiger partial charge < -0.3 is 5.32 Å². The summed E-state index contributed by atoms with van der Waals surface area (Å²) in [7, 11) is 1.58. The summed E-state index contributed by atoms with van der Waals surface area (Å²) >= 11 is 5.26. The van der Waals surface area contributed by atoms with E-state index in [0.717, 1.165) is 12.8 Å². The van der Waals surface area contributed by atoms with Crippen molar-refractivity contribution in [2.45, 2.75) is 38.1 Å². The van der Waals surface area contributed by atoms with Gasteiger partial charge in [0, 0.05) is 7.05 Å². The number of rotatable bonds is 2. The molecule has 0 radical (unpaired) electrons. The normalized spacial score (nSPS) is 17.3. The van der Waals surface area contributed by atoms with Crippen molar-refractivity contribution in [1.29, 1.82) is 0 Å². The molecule has 1 fully saturated rings. The van der Waals surface area contributed by atoms with E-state index in [1.165, 1.54) is 19.3 Å². The van der Waals surface area contributed by atoms with Crippen LogP contribution in [0.3, 0.4) is 0 Å². The van der Waals surface area contributed by atoms with Crippen LogP contribution in [0.4, 0.5) is 0 Å². The average molecular weight is 240 g/mol. The molecule has 1 aliphatic carbocycles. The number of hydrogen-bond donors (Lipinski definition) is 2. The fourth-order valence-electron chi connectivity index (χ4n) is 2.16. The molecule has 1 aromatic rings. The van der Waals surface area contributed by atoms with E-state index in [2.05, 4.69) is 15.6 Å². The first kappa shape index (κ1) is 11.3. The minimum atomic E-state index is -0.226. The van der Waals surface area contributed by atoms with Gasteiger partial charge in [0.25, 0.3) is 5.91 Å². The quantitative estimate of drug-likeness (QED) is 0.775. The van der Waals surface area contributed by atoms with Crippen molar-refractivity contribution in [2.75, 3.05) is 7.05 Å². The molecular weight excluding hydrogens is 224 g/mol. The van der Waals surface area contributed by atoms with Crippen molar-refractivity contribution in [3.05, 3.63) is 10.3 Å². The largest absolute Gasteiger partial charge is 0.354 e. The van der Waals surface area contributed by atoms with E-state index in [0.29, 0.717) is 16.4 Å². The summed E-state index contributed by atoms with van der Waals surface area (Å²) < 4.78 is 2.38. The summed E-state index contributed by atoms with van der Waals surface area (Å²) in [4.78, 5) is 11.5. The SMILES string of the molecule is CNC(=O)c1n[nH]n(C2CCCCC2)c1=S. The first-order valence-corrected chi connectivity index (χ1v) is 6.04. The summed E-state index contributed by atoms with van der Waals surface area (Å²) in [6, 6.07) is 0.382. The molecular formula is C10H16N4OS. The Bertz CT molecular complexity index is 430. The number of hydrogen-bond acceptors (Lipinski definition) is 3. The number of aromatic amines is 1. The Kier molecular flexibility index (Phi) is 3.38. The molecule has 1 saturated carbocycles.